The van der Waals surface area contributed by atoms with Gasteiger partial charge in [0.05, 0.1) is 22.3 Å². The van der Waals surface area contributed by atoms with E-state index in [-0.39, 0.29) is 17.7 Å². The number of piperazine rings is 1. The van der Waals surface area contributed by atoms with Gasteiger partial charge in [0.2, 0.25) is 0 Å². The number of aromatic nitrogens is 1. The second-order valence-electron chi connectivity index (χ2n) is 9.13. The van der Waals surface area contributed by atoms with Crippen LogP contribution in [0.25, 0.3) is 10.9 Å². The molecule has 0 atom stereocenters. The minimum atomic E-state index is -0.344. The van der Waals surface area contributed by atoms with E-state index in [0.29, 0.717) is 48.6 Å². The summed E-state index contributed by atoms with van der Waals surface area (Å²) >= 11 is 0. The van der Waals surface area contributed by atoms with Gasteiger partial charge in [0.25, 0.3) is 17.7 Å². The Morgan fingerprint density at radius 3 is 2.06 bits per heavy atom. The quantitative estimate of drug-likeness (QED) is 0.412. The summed E-state index contributed by atoms with van der Waals surface area (Å²) in [5.74, 6) is 0.182. The van der Waals surface area contributed by atoms with Gasteiger partial charge in [0.1, 0.15) is 5.82 Å². The van der Waals surface area contributed by atoms with Gasteiger partial charge in [-0.05, 0) is 61.0 Å². The van der Waals surface area contributed by atoms with Crippen LogP contribution in [-0.2, 0) is 0 Å². The maximum absolute atomic E-state index is 13.2. The van der Waals surface area contributed by atoms with E-state index >= 15 is 0 Å². The molecule has 2 aliphatic heterocycles. The van der Waals surface area contributed by atoms with Crippen molar-refractivity contribution in [1.29, 1.82) is 0 Å². The zero-order valence-corrected chi connectivity index (χ0v) is 19.8. The van der Waals surface area contributed by atoms with E-state index in [0.717, 1.165) is 21.6 Å². The van der Waals surface area contributed by atoms with E-state index in [9.17, 15) is 14.4 Å². The summed E-state index contributed by atoms with van der Waals surface area (Å²) in [5.41, 5.74) is 3.95. The van der Waals surface area contributed by atoms with Gasteiger partial charge in [0.15, 0.2) is 0 Å². The van der Waals surface area contributed by atoms with E-state index in [1.54, 1.807) is 48.5 Å². The molecule has 0 unspecified atom stereocenters. The standard InChI is InChI=1S/C29H24N4O3/c1-19-18-26(30-25-9-5-4-6-22(19)25)31-14-16-32(17-15-31)27(34)20-10-12-21(13-11-20)33-28(35)23-7-2-3-8-24(23)29(33)36/h2-13,18H,14-17H2,1H3. The Balaban J connectivity index is 1.14. The fourth-order valence-corrected chi connectivity index (χ4v) is 4.99. The maximum Gasteiger partial charge on any atom is 0.266 e. The fraction of sp³-hybridized carbons (Fsp3) is 0.172. The molecule has 178 valence electrons. The normalized spacial score (nSPS) is 15.5. The first-order chi connectivity index (χ1) is 17.5. The van der Waals surface area contributed by atoms with Gasteiger partial charge in [-0.3, -0.25) is 14.4 Å². The first-order valence-corrected chi connectivity index (χ1v) is 12.0. The number of carbonyl (C=O) groups excluding carboxylic acids is 3. The zero-order valence-electron chi connectivity index (χ0n) is 19.8. The van der Waals surface area contributed by atoms with Crippen LogP contribution in [0.1, 0.15) is 36.6 Å². The number of imide groups is 1. The molecule has 3 aromatic carbocycles. The number of hydrogen-bond donors (Lipinski definition) is 0. The molecule has 7 heteroatoms. The number of hydrogen-bond acceptors (Lipinski definition) is 5. The summed E-state index contributed by atoms with van der Waals surface area (Å²) in [6.45, 7) is 4.67. The number of fused-ring (bicyclic) bond motifs is 2. The predicted octanol–water partition coefficient (Wildman–Crippen LogP) is 4.31. The SMILES string of the molecule is Cc1cc(N2CCN(C(=O)c3ccc(N4C(=O)c5ccccc5C4=O)cc3)CC2)nc2ccccc12. The van der Waals surface area contributed by atoms with Gasteiger partial charge in [-0.1, -0.05) is 30.3 Å². The second kappa shape index (κ2) is 8.61. The van der Waals surface area contributed by atoms with E-state index in [1.165, 1.54) is 5.56 Å². The minimum Gasteiger partial charge on any atom is -0.353 e. The van der Waals surface area contributed by atoms with Gasteiger partial charge < -0.3 is 9.80 Å². The van der Waals surface area contributed by atoms with Gasteiger partial charge in [0, 0.05) is 37.1 Å². The van der Waals surface area contributed by atoms with Crippen LogP contribution in [-0.4, -0.2) is 53.8 Å². The molecule has 36 heavy (non-hydrogen) atoms. The monoisotopic (exact) mass is 476 g/mol. The number of amides is 3. The van der Waals surface area contributed by atoms with Crippen LogP contribution >= 0.6 is 0 Å². The molecule has 1 aromatic heterocycles. The first-order valence-electron chi connectivity index (χ1n) is 12.0. The molecule has 2 aliphatic rings. The molecule has 0 bridgehead atoms. The fourth-order valence-electron chi connectivity index (χ4n) is 4.99. The third kappa shape index (κ3) is 3.60. The Hall–Kier alpha value is -4.52. The lowest BCUT2D eigenvalue weighted by atomic mass is 10.1. The number of aryl methyl sites for hydroxylation is 1. The van der Waals surface area contributed by atoms with Crippen LogP contribution in [0.15, 0.2) is 78.9 Å². The highest BCUT2D eigenvalue weighted by molar-refractivity contribution is 6.34. The lowest BCUT2D eigenvalue weighted by Crippen LogP contribution is -2.49. The zero-order chi connectivity index (χ0) is 24.8. The highest BCUT2D eigenvalue weighted by Crippen LogP contribution is 2.29. The molecule has 6 rings (SSSR count). The van der Waals surface area contributed by atoms with E-state index in [2.05, 4.69) is 24.0 Å². The topological polar surface area (TPSA) is 73.8 Å². The molecule has 3 amide bonds. The summed E-state index contributed by atoms with van der Waals surface area (Å²) in [6, 6.07) is 23.7. The molecule has 7 nitrogen and oxygen atoms in total. The lowest BCUT2D eigenvalue weighted by molar-refractivity contribution is 0.0746. The summed E-state index contributed by atoms with van der Waals surface area (Å²) in [6.07, 6.45) is 0. The Morgan fingerprint density at radius 2 is 1.39 bits per heavy atom. The number of para-hydroxylation sites is 1. The Bertz CT molecular complexity index is 1490. The summed E-state index contributed by atoms with van der Waals surface area (Å²) in [4.78, 5) is 48.7. The third-order valence-electron chi connectivity index (χ3n) is 6.97. The van der Waals surface area contributed by atoms with Gasteiger partial charge in [-0.2, -0.15) is 0 Å². The number of pyridine rings is 1. The Kier molecular flexibility index (Phi) is 5.25. The number of carbonyl (C=O) groups is 3. The van der Waals surface area contributed by atoms with Crippen LogP contribution < -0.4 is 9.80 Å². The summed E-state index contributed by atoms with van der Waals surface area (Å²) in [7, 11) is 0. The highest BCUT2D eigenvalue weighted by Gasteiger charge is 2.36. The molecule has 3 heterocycles. The van der Waals surface area contributed by atoms with Crippen molar-refractivity contribution in [3.8, 4) is 0 Å². The van der Waals surface area contributed by atoms with Crippen LogP contribution in [0.5, 0.6) is 0 Å². The maximum atomic E-state index is 13.2. The Labute approximate surface area is 208 Å². The number of rotatable bonds is 3. The minimum absolute atomic E-state index is 0.0637. The van der Waals surface area contributed by atoms with Crippen molar-refractivity contribution >= 4 is 40.1 Å². The van der Waals surface area contributed by atoms with E-state index in [4.69, 9.17) is 4.98 Å². The molecular formula is C29H24N4O3. The average Bonchev–Trinajstić information content (AvgIpc) is 3.18. The van der Waals surface area contributed by atoms with Gasteiger partial charge in [-0.15, -0.1) is 0 Å². The van der Waals surface area contributed by atoms with Crippen molar-refractivity contribution in [1.82, 2.24) is 9.88 Å². The van der Waals surface area contributed by atoms with Crippen molar-refractivity contribution in [3.63, 3.8) is 0 Å². The van der Waals surface area contributed by atoms with Crippen LogP contribution in [0, 0.1) is 6.92 Å². The number of anilines is 2. The Morgan fingerprint density at radius 1 is 0.778 bits per heavy atom. The molecule has 4 aromatic rings. The molecule has 0 radical (unpaired) electrons. The van der Waals surface area contributed by atoms with Crippen LogP contribution in [0.3, 0.4) is 0 Å². The van der Waals surface area contributed by atoms with E-state index in [1.807, 2.05) is 23.1 Å². The smallest absolute Gasteiger partial charge is 0.266 e. The van der Waals surface area contributed by atoms with Crippen LogP contribution in [0.2, 0.25) is 0 Å². The average molecular weight is 477 g/mol. The molecule has 1 fully saturated rings. The van der Waals surface area contributed by atoms with E-state index < -0.39 is 0 Å². The molecular weight excluding hydrogens is 452 g/mol. The van der Waals surface area contributed by atoms with Crippen molar-refractivity contribution in [2.75, 3.05) is 36.0 Å². The number of nitrogens with zero attached hydrogens (tertiary/aromatic N) is 4. The van der Waals surface area contributed by atoms with Crippen molar-refractivity contribution in [3.05, 3.63) is 101 Å². The second-order valence-corrected chi connectivity index (χ2v) is 9.13. The summed E-state index contributed by atoms with van der Waals surface area (Å²) < 4.78 is 0. The van der Waals surface area contributed by atoms with Gasteiger partial charge >= 0.3 is 0 Å². The first kappa shape index (κ1) is 22.0. The third-order valence-corrected chi connectivity index (χ3v) is 6.97. The number of benzene rings is 3. The summed E-state index contributed by atoms with van der Waals surface area (Å²) in [5, 5.41) is 1.15. The van der Waals surface area contributed by atoms with Crippen molar-refractivity contribution in [2.45, 2.75) is 6.92 Å². The van der Waals surface area contributed by atoms with Crippen molar-refractivity contribution in [2.24, 2.45) is 0 Å². The molecule has 0 saturated carbocycles. The molecule has 1 saturated heterocycles. The van der Waals surface area contributed by atoms with Crippen molar-refractivity contribution < 1.29 is 14.4 Å². The highest BCUT2D eigenvalue weighted by atomic mass is 16.2. The largest absolute Gasteiger partial charge is 0.353 e. The molecule has 0 spiro atoms. The molecule has 0 aliphatic carbocycles. The molecule has 0 N–H and O–H groups in total. The van der Waals surface area contributed by atoms with Gasteiger partial charge in [-0.25, -0.2) is 9.88 Å². The van der Waals surface area contributed by atoms with Crippen LogP contribution in [0.4, 0.5) is 11.5 Å². The lowest BCUT2D eigenvalue weighted by Gasteiger charge is -2.35. The predicted molar refractivity (Wildman–Crippen MR) is 139 cm³/mol.